The van der Waals surface area contributed by atoms with Crippen molar-refractivity contribution >= 4 is 5.91 Å². The highest BCUT2D eigenvalue weighted by Gasteiger charge is 2.44. The van der Waals surface area contributed by atoms with Crippen molar-refractivity contribution in [2.75, 3.05) is 13.2 Å². The van der Waals surface area contributed by atoms with Crippen molar-refractivity contribution in [1.29, 1.82) is 0 Å². The lowest BCUT2D eigenvalue weighted by Crippen LogP contribution is -2.60. The average Bonchev–Trinajstić information content (AvgIpc) is 3.11. The third-order valence-electron chi connectivity index (χ3n) is 9.83. The van der Waals surface area contributed by atoms with Crippen molar-refractivity contribution in [2.24, 2.45) is 0 Å². The van der Waals surface area contributed by atoms with E-state index in [0.717, 1.165) is 32.1 Å². The summed E-state index contributed by atoms with van der Waals surface area (Å²) in [6.07, 6.45) is 29.5. The number of aliphatic hydroxyl groups excluding tert-OH is 5. The number of rotatable bonds is 33. The van der Waals surface area contributed by atoms with Gasteiger partial charge in [-0.3, -0.25) is 4.79 Å². The van der Waals surface area contributed by atoms with E-state index in [1.807, 2.05) is 6.08 Å². The molecular formula is C41H77NO8. The standard InChI is InChI=1S/C41H77NO8/c1-3-5-7-9-11-13-15-16-17-18-19-20-21-23-25-27-29-31-37(45)42-34(33-49-41-40(48)39(47)38(46)36(32-43)50-41)35(44)30-28-26-24-22-14-12-10-8-6-4-2/h24,26,28,30,34-36,38-41,43-44,46-48H,3-23,25,27,29,31-33H2,1-2H3,(H,42,45)/b26-24+,30-28+/t34-,35+,36+,38+,39?,40?,41+/m0/s1. The van der Waals surface area contributed by atoms with Crippen LogP contribution in [0.4, 0.5) is 0 Å². The Kier molecular flexibility index (Phi) is 30.2. The number of carbonyl (C=O) groups is 1. The van der Waals surface area contributed by atoms with Crippen LogP contribution in [0.15, 0.2) is 24.3 Å². The van der Waals surface area contributed by atoms with Gasteiger partial charge in [0, 0.05) is 6.42 Å². The zero-order chi connectivity index (χ0) is 36.7. The summed E-state index contributed by atoms with van der Waals surface area (Å²) in [4.78, 5) is 12.9. The number of ether oxygens (including phenoxy) is 2. The fraction of sp³-hybridized carbons (Fsp3) is 0.878. The number of nitrogens with one attached hydrogen (secondary N) is 1. The van der Waals surface area contributed by atoms with Crippen molar-refractivity contribution in [3.05, 3.63) is 24.3 Å². The molecule has 9 nitrogen and oxygen atoms in total. The lowest BCUT2D eigenvalue weighted by atomic mass is 9.99. The predicted octanol–water partition coefficient (Wildman–Crippen LogP) is 7.55. The molecule has 0 bridgehead atoms. The quantitative estimate of drug-likeness (QED) is 0.0302. The highest BCUT2D eigenvalue weighted by molar-refractivity contribution is 5.76. The van der Waals surface area contributed by atoms with E-state index in [1.165, 1.54) is 122 Å². The van der Waals surface area contributed by atoms with Crippen molar-refractivity contribution in [2.45, 2.75) is 217 Å². The second-order valence-corrected chi connectivity index (χ2v) is 14.5. The van der Waals surface area contributed by atoms with Gasteiger partial charge in [0.15, 0.2) is 6.29 Å². The number of unbranched alkanes of at least 4 members (excludes halogenated alkanes) is 22. The summed E-state index contributed by atoms with van der Waals surface area (Å²) in [7, 11) is 0. The first-order valence-corrected chi connectivity index (χ1v) is 20.6. The minimum atomic E-state index is -1.57. The minimum absolute atomic E-state index is 0.195. The zero-order valence-electron chi connectivity index (χ0n) is 31.9. The monoisotopic (exact) mass is 712 g/mol. The zero-order valence-corrected chi connectivity index (χ0v) is 31.9. The first kappa shape index (κ1) is 46.7. The van der Waals surface area contributed by atoms with Gasteiger partial charge in [0.05, 0.1) is 25.4 Å². The van der Waals surface area contributed by atoms with E-state index in [-0.39, 0.29) is 12.5 Å². The molecule has 7 atom stereocenters. The maximum atomic E-state index is 12.9. The first-order valence-electron chi connectivity index (χ1n) is 20.6. The van der Waals surface area contributed by atoms with Crippen LogP contribution in [0.3, 0.4) is 0 Å². The summed E-state index contributed by atoms with van der Waals surface area (Å²) >= 11 is 0. The van der Waals surface area contributed by atoms with Crippen molar-refractivity contribution in [3.8, 4) is 0 Å². The van der Waals surface area contributed by atoms with Gasteiger partial charge in [0.25, 0.3) is 0 Å². The number of hydrogen-bond acceptors (Lipinski definition) is 8. The third-order valence-corrected chi connectivity index (χ3v) is 9.83. The molecule has 294 valence electrons. The molecule has 1 rings (SSSR count). The summed E-state index contributed by atoms with van der Waals surface area (Å²) in [5, 5.41) is 53.8. The minimum Gasteiger partial charge on any atom is -0.394 e. The second-order valence-electron chi connectivity index (χ2n) is 14.5. The summed E-state index contributed by atoms with van der Waals surface area (Å²) in [5.41, 5.74) is 0. The van der Waals surface area contributed by atoms with Crippen LogP contribution in [-0.2, 0) is 14.3 Å². The average molecular weight is 712 g/mol. The van der Waals surface area contributed by atoms with Gasteiger partial charge in [0.2, 0.25) is 5.91 Å². The lowest BCUT2D eigenvalue weighted by Gasteiger charge is -2.40. The number of amides is 1. The largest absolute Gasteiger partial charge is 0.394 e. The van der Waals surface area contributed by atoms with Crippen LogP contribution in [0, 0.1) is 0 Å². The van der Waals surface area contributed by atoms with Crippen molar-refractivity contribution < 1.29 is 39.8 Å². The van der Waals surface area contributed by atoms with E-state index in [4.69, 9.17) is 9.47 Å². The molecule has 0 aromatic carbocycles. The van der Waals surface area contributed by atoms with Crippen molar-refractivity contribution in [3.63, 3.8) is 0 Å². The maximum absolute atomic E-state index is 12.9. The first-order chi connectivity index (χ1) is 24.3. The lowest BCUT2D eigenvalue weighted by molar-refractivity contribution is -0.302. The molecule has 1 heterocycles. The van der Waals surface area contributed by atoms with Crippen LogP contribution < -0.4 is 5.32 Å². The molecule has 1 aliphatic heterocycles. The molecule has 0 radical (unpaired) electrons. The third kappa shape index (κ3) is 23.3. The summed E-state index contributed by atoms with van der Waals surface area (Å²) in [6.45, 7) is 3.70. The Bertz CT molecular complexity index is 837. The van der Waals surface area contributed by atoms with Crippen LogP contribution in [0.2, 0.25) is 0 Å². The molecule has 1 fully saturated rings. The Hall–Kier alpha value is -1.33. The molecule has 9 heteroatoms. The smallest absolute Gasteiger partial charge is 0.220 e. The van der Waals surface area contributed by atoms with Gasteiger partial charge in [-0.1, -0.05) is 173 Å². The van der Waals surface area contributed by atoms with Gasteiger partial charge in [-0.05, 0) is 19.3 Å². The van der Waals surface area contributed by atoms with E-state index >= 15 is 0 Å². The fourth-order valence-electron chi connectivity index (χ4n) is 6.45. The Morgan fingerprint density at radius 1 is 0.680 bits per heavy atom. The Morgan fingerprint density at radius 2 is 1.16 bits per heavy atom. The van der Waals surface area contributed by atoms with Gasteiger partial charge in [-0.15, -0.1) is 0 Å². The molecule has 0 aromatic rings. The number of hydrogen-bond donors (Lipinski definition) is 6. The van der Waals surface area contributed by atoms with Crippen LogP contribution in [0.25, 0.3) is 0 Å². The van der Waals surface area contributed by atoms with Gasteiger partial charge in [0.1, 0.15) is 24.4 Å². The Morgan fingerprint density at radius 3 is 1.66 bits per heavy atom. The Balaban J connectivity index is 2.39. The van der Waals surface area contributed by atoms with E-state index in [0.29, 0.717) is 6.42 Å². The molecule has 0 aliphatic carbocycles. The topological polar surface area (TPSA) is 149 Å². The van der Waals surface area contributed by atoms with Gasteiger partial charge >= 0.3 is 0 Å². The highest BCUT2D eigenvalue weighted by atomic mass is 16.7. The molecule has 1 amide bonds. The molecule has 0 saturated carbocycles. The maximum Gasteiger partial charge on any atom is 0.220 e. The van der Waals surface area contributed by atoms with Crippen LogP contribution in [-0.4, -0.2) is 87.5 Å². The van der Waals surface area contributed by atoms with Crippen LogP contribution in [0.1, 0.15) is 174 Å². The molecular weight excluding hydrogens is 634 g/mol. The van der Waals surface area contributed by atoms with E-state index in [2.05, 4.69) is 25.2 Å². The normalized spacial score (nSPS) is 22.4. The molecule has 0 aromatic heterocycles. The Labute approximate surface area is 305 Å². The van der Waals surface area contributed by atoms with Crippen molar-refractivity contribution in [1.82, 2.24) is 5.32 Å². The van der Waals surface area contributed by atoms with E-state index in [1.54, 1.807) is 12.2 Å². The van der Waals surface area contributed by atoms with Gasteiger partial charge < -0.3 is 40.3 Å². The molecule has 50 heavy (non-hydrogen) atoms. The second kappa shape index (κ2) is 32.3. The predicted molar refractivity (Wildman–Crippen MR) is 203 cm³/mol. The molecule has 2 unspecified atom stereocenters. The van der Waals surface area contributed by atoms with Crippen LogP contribution in [0.5, 0.6) is 0 Å². The van der Waals surface area contributed by atoms with Gasteiger partial charge in [-0.25, -0.2) is 0 Å². The fourth-order valence-corrected chi connectivity index (χ4v) is 6.45. The molecule has 6 N–H and O–H groups in total. The summed E-state index contributed by atoms with van der Waals surface area (Å²) < 4.78 is 11.1. The molecule has 0 spiro atoms. The number of carbonyl (C=O) groups excluding carboxylic acids is 1. The SMILES string of the molecule is CCCCCCCC/C=C/C=C/[C@@H](O)[C@H](CO[C@@H]1O[C@H](CO)[C@@H](O)C(O)C1O)NC(=O)CCCCCCCCCCCCCCCCCCC. The number of allylic oxidation sites excluding steroid dienone is 3. The van der Waals surface area contributed by atoms with E-state index < -0.39 is 49.5 Å². The van der Waals surface area contributed by atoms with Crippen LogP contribution >= 0.6 is 0 Å². The number of aliphatic hydroxyl groups is 5. The van der Waals surface area contributed by atoms with Gasteiger partial charge in [-0.2, -0.15) is 0 Å². The van der Waals surface area contributed by atoms with E-state index in [9.17, 15) is 30.3 Å². The molecule has 1 saturated heterocycles. The summed E-state index contributed by atoms with van der Waals surface area (Å²) in [5.74, 6) is -0.195. The summed E-state index contributed by atoms with van der Waals surface area (Å²) in [6, 6.07) is -0.830. The molecule has 1 aliphatic rings. The highest BCUT2D eigenvalue weighted by Crippen LogP contribution is 2.22.